The van der Waals surface area contributed by atoms with E-state index in [4.69, 9.17) is 17.0 Å². The van der Waals surface area contributed by atoms with E-state index >= 15 is 0 Å². The van der Waals surface area contributed by atoms with E-state index in [0.717, 1.165) is 21.9 Å². The summed E-state index contributed by atoms with van der Waals surface area (Å²) in [6, 6.07) is 21.7. The number of rotatable bonds is 7. The molecule has 2 N–H and O–H groups in total. The minimum atomic E-state index is -0.183. The number of benzene rings is 3. The van der Waals surface area contributed by atoms with Gasteiger partial charge in [0.15, 0.2) is 10.6 Å². The third-order valence-electron chi connectivity index (χ3n) is 5.26. The van der Waals surface area contributed by atoms with Gasteiger partial charge in [-0.1, -0.05) is 17.8 Å². The number of H-pyrrole nitrogens is 1. The normalized spacial score (nSPS) is 10.8. The van der Waals surface area contributed by atoms with Gasteiger partial charge in [-0.05, 0) is 97.9 Å². The maximum atomic E-state index is 12.7. The van der Waals surface area contributed by atoms with Crippen LogP contribution < -0.4 is 10.1 Å². The highest BCUT2D eigenvalue weighted by Crippen LogP contribution is 2.30. The van der Waals surface area contributed by atoms with Crippen LogP contribution in [0.4, 0.5) is 5.69 Å². The van der Waals surface area contributed by atoms with Crippen LogP contribution >= 0.6 is 24.0 Å². The van der Waals surface area contributed by atoms with Gasteiger partial charge in [0.1, 0.15) is 12.3 Å². The van der Waals surface area contributed by atoms with Gasteiger partial charge < -0.3 is 10.1 Å². The van der Waals surface area contributed by atoms with E-state index in [1.807, 2.05) is 48.5 Å². The van der Waals surface area contributed by atoms with Crippen molar-refractivity contribution in [3.05, 3.63) is 82.6 Å². The molecule has 0 unspecified atom stereocenters. The summed E-state index contributed by atoms with van der Waals surface area (Å²) in [5.74, 6) is 1.16. The Morgan fingerprint density at radius 3 is 2.39 bits per heavy atom. The minimum Gasteiger partial charge on any atom is -0.497 e. The highest BCUT2D eigenvalue weighted by Gasteiger charge is 2.13. The van der Waals surface area contributed by atoms with Gasteiger partial charge in [-0.3, -0.25) is 14.5 Å². The molecule has 0 atom stereocenters. The predicted molar refractivity (Wildman–Crippen MR) is 135 cm³/mol. The van der Waals surface area contributed by atoms with Gasteiger partial charge >= 0.3 is 0 Å². The Hall–Kier alpha value is -3.36. The quantitative estimate of drug-likeness (QED) is 0.319. The van der Waals surface area contributed by atoms with Crippen molar-refractivity contribution in [1.29, 1.82) is 0 Å². The molecule has 0 radical (unpaired) electrons. The number of amides is 1. The molecular formula is C25H24N4O2S2. The van der Waals surface area contributed by atoms with Crippen molar-refractivity contribution in [3.8, 4) is 17.1 Å². The van der Waals surface area contributed by atoms with Crippen LogP contribution in [0.2, 0.25) is 0 Å². The van der Waals surface area contributed by atoms with Gasteiger partial charge in [0.25, 0.3) is 0 Å². The molecule has 0 aliphatic rings. The first-order valence-corrected chi connectivity index (χ1v) is 11.6. The summed E-state index contributed by atoms with van der Waals surface area (Å²) in [5, 5.41) is 10.00. The van der Waals surface area contributed by atoms with Gasteiger partial charge in [-0.25, -0.2) is 0 Å². The van der Waals surface area contributed by atoms with E-state index in [0.29, 0.717) is 10.6 Å². The Labute approximate surface area is 202 Å². The fourth-order valence-electron chi connectivity index (χ4n) is 3.29. The number of hydrogen-bond donors (Lipinski definition) is 2. The van der Waals surface area contributed by atoms with Gasteiger partial charge in [-0.2, -0.15) is 5.10 Å². The average molecular weight is 477 g/mol. The van der Waals surface area contributed by atoms with Crippen LogP contribution in [0.25, 0.3) is 11.4 Å². The number of aromatic nitrogens is 3. The number of methoxy groups -OCH3 is 1. The summed E-state index contributed by atoms with van der Waals surface area (Å²) >= 11 is 7.03. The van der Waals surface area contributed by atoms with E-state index in [1.54, 1.807) is 23.4 Å². The second kappa shape index (κ2) is 10.1. The number of aromatic amines is 1. The molecule has 0 saturated heterocycles. The number of carbonyl (C=O) groups excluding carboxylic acids is 1. The van der Waals surface area contributed by atoms with E-state index in [2.05, 4.69) is 47.6 Å². The van der Waals surface area contributed by atoms with Crippen LogP contribution in [0.3, 0.4) is 0 Å². The molecule has 168 valence electrons. The number of anilines is 1. The zero-order chi connectivity index (χ0) is 23.4. The second-order valence-electron chi connectivity index (χ2n) is 7.59. The molecule has 4 rings (SSSR count). The van der Waals surface area contributed by atoms with Crippen LogP contribution in [0, 0.1) is 18.6 Å². The van der Waals surface area contributed by atoms with Crippen molar-refractivity contribution in [2.75, 3.05) is 12.4 Å². The SMILES string of the molecule is COc1ccc(-c2n[nH]c(=S)n2CC(=O)Nc2ccc(Sc3ccc(C)c(C)c3)cc2)cc1. The molecule has 0 saturated carbocycles. The molecule has 8 heteroatoms. The molecule has 0 aliphatic carbocycles. The Morgan fingerprint density at radius 1 is 1.03 bits per heavy atom. The van der Waals surface area contributed by atoms with Crippen molar-refractivity contribution in [1.82, 2.24) is 14.8 Å². The first-order valence-electron chi connectivity index (χ1n) is 10.4. The summed E-state index contributed by atoms with van der Waals surface area (Å²) in [7, 11) is 1.62. The lowest BCUT2D eigenvalue weighted by molar-refractivity contribution is -0.116. The van der Waals surface area contributed by atoms with Crippen LogP contribution in [0.15, 0.2) is 76.5 Å². The maximum Gasteiger partial charge on any atom is 0.244 e. The smallest absolute Gasteiger partial charge is 0.244 e. The summed E-state index contributed by atoms with van der Waals surface area (Å²) in [6.45, 7) is 4.28. The number of hydrogen-bond acceptors (Lipinski definition) is 5. The zero-order valence-corrected chi connectivity index (χ0v) is 20.2. The predicted octanol–water partition coefficient (Wildman–Crippen LogP) is 6.02. The fourth-order valence-corrected chi connectivity index (χ4v) is 4.40. The van der Waals surface area contributed by atoms with Gasteiger partial charge in [0.05, 0.1) is 7.11 Å². The van der Waals surface area contributed by atoms with Crippen LogP contribution in [0.5, 0.6) is 5.75 Å². The summed E-state index contributed by atoms with van der Waals surface area (Å²) < 4.78 is 7.26. The number of aryl methyl sites for hydroxylation is 2. The molecule has 0 fully saturated rings. The molecule has 3 aromatic carbocycles. The van der Waals surface area contributed by atoms with Crippen LogP contribution in [-0.2, 0) is 11.3 Å². The van der Waals surface area contributed by atoms with Gasteiger partial charge in [0, 0.05) is 21.0 Å². The molecule has 1 aromatic heterocycles. The average Bonchev–Trinajstić information content (AvgIpc) is 3.17. The van der Waals surface area contributed by atoms with Crippen molar-refractivity contribution < 1.29 is 9.53 Å². The van der Waals surface area contributed by atoms with Crippen molar-refractivity contribution >= 4 is 35.6 Å². The zero-order valence-electron chi connectivity index (χ0n) is 18.6. The first kappa shape index (κ1) is 22.8. The number of ether oxygens (including phenoxy) is 1. The lowest BCUT2D eigenvalue weighted by atomic mass is 10.1. The van der Waals surface area contributed by atoms with Gasteiger partial charge in [-0.15, -0.1) is 0 Å². The molecule has 0 bridgehead atoms. The molecule has 4 aromatic rings. The maximum absolute atomic E-state index is 12.7. The molecular weight excluding hydrogens is 452 g/mol. The Morgan fingerprint density at radius 2 is 1.73 bits per heavy atom. The fraction of sp³-hybridized carbons (Fsp3) is 0.160. The Balaban J connectivity index is 1.42. The molecule has 33 heavy (non-hydrogen) atoms. The molecule has 0 spiro atoms. The third-order valence-corrected chi connectivity index (χ3v) is 6.57. The van der Waals surface area contributed by atoms with Crippen molar-refractivity contribution in [3.63, 3.8) is 0 Å². The van der Waals surface area contributed by atoms with Crippen LogP contribution in [0.1, 0.15) is 11.1 Å². The van der Waals surface area contributed by atoms with Crippen molar-refractivity contribution in [2.45, 2.75) is 30.2 Å². The topological polar surface area (TPSA) is 71.9 Å². The van der Waals surface area contributed by atoms with Gasteiger partial charge in [0.2, 0.25) is 5.91 Å². The monoisotopic (exact) mass is 476 g/mol. The lowest BCUT2D eigenvalue weighted by Crippen LogP contribution is -2.19. The minimum absolute atomic E-state index is 0.0514. The summed E-state index contributed by atoms with van der Waals surface area (Å²) in [4.78, 5) is 15.0. The molecule has 6 nitrogen and oxygen atoms in total. The van der Waals surface area contributed by atoms with E-state index in [1.165, 1.54) is 16.0 Å². The summed E-state index contributed by atoms with van der Waals surface area (Å²) in [5.41, 5.74) is 4.12. The van der Waals surface area contributed by atoms with E-state index in [-0.39, 0.29) is 12.5 Å². The standard InChI is InChI=1S/C25H24N4O2S2/c1-16-4-11-22(14-17(16)2)33-21-12-7-19(8-13-21)26-23(30)15-29-24(27-28-25(29)32)18-5-9-20(31-3)10-6-18/h4-14H,15H2,1-3H3,(H,26,30)(H,28,32). The highest BCUT2D eigenvalue weighted by molar-refractivity contribution is 7.99. The molecule has 1 amide bonds. The van der Waals surface area contributed by atoms with E-state index < -0.39 is 0 Å². The number of nitrogens with one attached hydrogen (secondary N) is 2. The number of carbonyl (C=O) groups is 1. The third kappa shape index (κ3) is 5.53. The lowest BCUT2D eigenvalue weighted by Gasteiger charge is -2.10. The largest absolute Gasteiger partial charge is 0.497 e. The highest BCUT2D eigenvalue weighted by atomic mass is 32.2. The Kier molecular flexibility index (Phi) is 6.96. The summed E-state index contributed by atoms with van der Waals surface area (Å²) in [6.07, 6.45) is 0. The second-order valence-corrected chi connectivity index (χ2v) is 9.12. The molecule has 0 aliphatic heterocycles. The first-order chi connectivity index (χ1) is 15.9. The van der Waals surface area contributed by atoms with E-state index in [9.17, 15) is 4.79 Å². The number of nitrogens with zero attached hydrogens (tertiary/aromatic N) is 2. The van der Waals surface area contributed by atoms with Crippen molar-refractivity contribution in [2.24, 2.45) is 0 Å². The van der Waals surface area contributed by atoms with Crippen LogP contribution in [-0.4, -0.2) is 27.8 Å². The Bertz CT molecular complexity index is 1330. The molecule has 1 heterocycles.